The second kappa shape index (κ2) is 18.1. The number of furan rings is 1. The van der Waals surface area contributed by atoms with Crippen LogP contribution in [0.25, 0.3) is 72.4 Å². The first-order valence-electron chi connectivity index (χ1n) is 22.9. The van der Waals surface area contributed by atoms with Crippen molar-refractivity contribution < 1.29 is 30.0 Å². The molecule has 3 aromatic heterocycles. The summed E-state index contributed by atoms with van der Waals surface area (Å²) in [6.07, 6.45) is 1.91. The number of hydrogen-bond donors (Lipinski definition) is 0. The van der Waals surface area contributed by atoms with Crippen molar-refractivity contribution in [3.05, 3.63) is 168 Å². The Morgan fingerprint density at radius 2 is 1.41 bits per heavy atom. The fraction of sp³-hybridized carbons (Fsp3) is 0.236. The Kier molecular flexibility index (Phi) is 11.5. The normalized spacial score (nSPS) is 13.1. The van der Waals surface area contributed by atoms with Crippen LogP contribution in [-0.2, 0) is 20.1 Å². The van der Waals surface area contributed by atoms with Crippen molar-refractivity contribution >= 4 is 50.6 Å². The topological polar surface area (TPSA) is 43.9 Å². The van der Waals surface area contributed by atoms with Gasteiger partial charge in [0.15, 0.2) is 0 Å². The quantitative estimate of drug-likeness (QED) is 0.113. The van der Waals surface area contributed by atoms with Gasteiger partial charge in [-0.15, -0.1) is 18.2 Å². The Morgan fingerprint density at radius 1 is 0.721 bits per heavy atom. The number of nitrogens with zero attached hydrogens (tertiary/aromatic N) is 3. The van der Waals surface area contributed by atoms with Gasteiger partial charge in [0.25, 0.3) is 0 Å². The molecule has 0 aliphatic heterocycles. The Labute approximate surface area is 383 Å². The van der Waals surface area contributed by atoms with Crippen molar-refractivity contribution in [2.75, 3.05) is 0 Å². The van der Waals surface area contributed by atoms with Gasteiger partial charge in [0, 0.05) is 31.2 Å². The predicted octanol–water partition coefficient (Wildman–Crippen LogP) is 14.8. The Bertz CT molecular complexity index is 3090. The number of rotatable bonds is 8. The van der Waals surface area contributed by atoms with Gasteiger partial charge in [-0.25, -0.2) is 0 Å². The molecule has 311 valence electrons. The minimum Gasteiger partial charge on any atom is 0 e. The molecule has 6 heteroatoms. The summed E-state index contributed by atoms with van der Waals surface area (Å²) in [6.45, 7) is 10.8. The van der Waals surface area contributed by atoms with Crippen LogP contribution in [-0.4, -0.2) is 27.8 Å². The van der Waals surface area contributed by atoms with E-state index in [9.17, 15) is 0 Å². The summed E-state index contributed by atoms with van der Waals surface area (Å²) in [5.41, 5.74) is 13.6. The first-order valence-corrected chi connectivity index (χ1v) is 28.2. The molecule has 9 aromatic rings. The maximum absolute atomic E-state index is 8.49. The zero-order chi connectivity index (χ0) is 45.7. The van der Waals surface area contributed by atoms with Gasteiger partial charge in [-0.2, -0.15) is 0 Å². The molecule has 1 radical (unpaired) electrons. The van der Waals surface area contributed by atoms with Crippen LogP contribution in [0, 0.1) is 19.0 Å². The summed E-state index contributed by atoms with van der Waals surface area (Å²) in [6, 6.07) is 49.5. The third kappa shape index (κ3) is 8.84. The van der Waals surface area contributed by atoms with E-state index in [0.717, 1.165) is 61.2 Å². The van der Waals surface area contributed by atoms with E-state index in [-0.39, 0.29) is 25.7 Å². The van der Waals surface area contributed by atoms with Crippen molar-refractivity contribution in [1.29, 1.82) is 0 Å². The molecule has 0 N–H and O–H groups in total. The number of benzene rings is 6. The van der Waals surface area contributed by atoms with Crippen LogP contribution in [0.3, 0.4) is 0 Å². The van der Waals surface area contributed by atoms with E-state index in [2.05, 4.69) is 152 Å². The molecule has 0 aliphatic carbocycles. The number of para-hydroxylation sites is 3. The molecular formula is C55H55GeIrN3O-2. The molecule has 0 fully saturated rings. The van der Waals surface area contributed by atoms with Crippen molar-refractivity contribution in [2.45, 2.75) is 83.4 Å². The molecule has 0 spiro atoms. The Balaban J connectivity index is 0.000000217. The van der Waals surface area contributed by atoms with E-state index in [0.29, 0.717) is 11.8 Å². The minimum absolute atomic E-state index is 0. The summed E-state index contributed by atoms with van der Waals surface area (Å²) in [7, 11) is 0. The Hall–Kier alpha value is -5.07. The second-order valence-electron chi connectivity index (χ2n) is 17.5. The van der Waals surface area contributed by atoms with Gasteiger partial charge in [-0.05, 0) is 64.4 Å². The van der Waals surface area contributed by atoms with E-state index in [4.69, 9.17) is 14.9 Å². The van der Waals surface area contributed by atoms with E-state index in [1.165, 1.54) is 38.4 Å². The van der Waals surface area contributed by atoms with Crippen molar-refractivity contribution in [3.8, 4) is 39.5 Å². The Morgan fingerprint density at radius 3 is 2.07 bits per heavy atom. The van der Waals surface area contributed by atoms with Crippen LogP contribution in [0.2, 0.25) is 17.3 Å². The fourth-order valence-corrected chi connectivity index (χ4v) is 11.4. The monoisotopic (exact) mass is 1040 g/mol. The number of imidazole rings is 1. The van der Waals surface area contributed by atoms with Crippen LogP contribution in [0.1, 0.15) is 87.0 Å². The zero-order valence-electron chi connectivity index (χ0n) is 40.4. The molecular weight excluding hydrogens is 983 g/mol. The average Bonchev–Trinajstić information content (AvgIpc) is 3.84. The van der Waals surface area contributed by atoms with Gasteiger partial charge in [0.2, 0.25) is 0 Å². The number of hydrogen-bond acceptors (Lipinski definition) is 3. The maximum atomic E-state index is 8.49. The number of pyridine rings is 1. The number of aromatic nitrogens is 3. The maximum Gasteiger partial charge on any atom is 0 e. The largest absolute Gasteiger partial charge is 0 e. The molecule has 0 unspecified atom stereocenters. The van der Waals surface area contributed by atoms with Crippen LogP contribution >= 0.6 is 0 Å². The summed E-state index contributed by atoms with van der Waals surface area (Å²) < 4.78 is 40.9. The van der Waals surface area contributed by atoms with Gasteiger partial charge >= 0.3 is 131 Å². The molecule has 0 amide bonds. The molecule has 9 rings (SSSR count). The first kappa shape index (κ1) is 38.8. The molecule has 0 saturated carbocycles. The van der Waals surface area contributed by atoms with E-state index >= 15 is 0 Å². The third-order valence-electron chi connectivity index (χ3n) is 11.2. The predicted molar refractivity (Wildman–Crippen MR) is 257 cm³/mol. The second-order valence-corrected chi connectivity index (χ2v) is 28.1. The standard InChI is InChI=1S/C37H31N2O.C18H24GeN.Ir/c1-23(2)30-21-26(25-13-6-5-7-14-25)22-31(24(3)4)35(30)39-33-19-10-9-18-32(33)38-37(39)29-17-12-16-28-27-15-8-11-20-34(27)40-36(28)29;1-13(2)16-11-18(15-9-7-14(3)8-10-15)20-12-17(16)19(4,5)6;/h5-16,18-24H,1-4H3;7-9,11-13H,1-6H3;/q2*-1;/i;3D3,13D;. The van der Waals surface area contributed by atoms with Crippen LogP contribution in [0.4, 0.5) is 0 Å². The summed E-state index contributed by atoms with van der Waals surface area (Å²) in [5.74, 6) is 7.63. The fourth-order valence-electron chi connectivity index (χ4n) is 8.09. The molecule has 6 aromatic carbocycles. The molecule has 0 saturated heterocycles. The van der Waals surface area contributed by atoms with E-state index in [1.54, 1.807) is 12.1 Å². The molecule has 0 aliphatic rings. The molecule has 61 heavy (non-hydrogen) atoms. The van der Waals surface area contributed by atoms with Crippen molar-refractivity contribution in [2.24, 2.45) is 0 Å². The number of fused-ring (bicyclic) bond motifs is 4. The van der Waals surface area contributed by atoms with Gasteiger partial charge in [-0.3, -0.25) is 4.98 Å². The molecule has 0 atom stereocenters. The number of aryl methyl sites for hydroxylation is 1. The van der Waals surface area contributed by atoms with E-state index < -0.39 is 26.0 Å². The summed E-state index contributed by atoms with van der Waals surface area (Å²) in [4.78, 5) is 9.81. The first-order chi connectivity index (χ1) is 30.3. The smallest absolute Gasteiger partial charge is 0 e. The minimum atomic E-state index is -2.14. The zero-order valence-corrected chi connectivity index (χ0v) is 40.9. The van der Waals surface area contributed by atoms with Gasteiger partial charge in [0.1, 0.15) is 5.58 Å². The molecule has 4 nitrogen and oxygen atoms in total. The van der Waals surface area contributed by atoms with Crippen molar-refractivity contribution in [1.82, 2.24) is 14.5 Å². The van der Waals surface area contributed by atoms with E-state index in [1.807, 2.05) is 44.3 Å². The van der Waals surface area contributed by atoms with Crippen LogP contribution in [0.15, 0.2) is 138 Å². The van der Waals surface area contributed by atoms with Crippen molar-refractivity contribution in [3.63, 3.8) is 0 Å². The SMILES string of the molecule is CC(C)c1cc(-c2ccccc2)cc(C(C)C)c1-n1c(-c2[c-]ccc3c2oc2ccccc23)nc2ccccc21.[2H]C([2H])([2H])c1c[c-]c(-c2cc(C([2H])(C)C)[c]([Ge]([CH3])([CH3])[CH3])cn2)cc1.[Ir]. The summed E-state index contributed by atoms with van der Waals surface area (Å²) >= 11 is -2.14. The van der Waals surface area contributed by atoms with Gasteiger partial charge in [0.05, 0.1) is 22.4 Å². The third-order valence-corrected chi connectivity index (χ3v) is 15.4. The summed E-state index contributed by atoms with van der Waals surface area (Å²) in [5, 5.41) is 2.18. The molecule has 0 bridgehead atoms. The van der Waals surface area contributed by atoms with Gasteiger partial charge in [-0.1, -0.05) is 99.3 Å². The average molecular weight is 1040 g/mol. The van der Waals surface area contributed by atoms with Crippen LogP contribution in [0.5, 0.6) is 0 Å². The molecule has 3 heterocycles. The van der Waals surface area contributed by atoms with Gasteiger partial charge < -0.3 is 8.98 Å². The van der Waals surface area contributed by atoms with Crippen LogP contribution < -0.4 is 4.40 Å².